The monoisotopic (exact) mass is 169 g/mol. The number of aldehydes is 1. The molecule has 1 unspecified atom stereocenters. The molecule has 2 rings (SSSR count). The molecule has 0 radical (unpaired) electrons. The van der Waals surface area contributed by atoms with Crippen LogP contribution >= 0.6 is 0 Å². The van der Waals surface area contributed by atoms with Crippen LogP contribution in [0.3, 0.4) is 0 Å². The van der Waals surface area contributed by atoms with Crippen molar-refractivity contribution in [2.24, 2.45) is 0 Å². The molecule has 0 saturated carbocycles. The summed E-state index contributed by atoms with van der Waals surface area (Å²) in [5, 5.41) is 6.53. The fourth-order valence-electron chi connectivity index (χ4n) is 2.05. The summed E-state index contributed by atoms with van der Waals surface area (Å²) in [7, 11) is 0. The SMILES string of the molecule is O=CC1NCCN2CCNC[C@@H]12. The highest BCUT2D eigenvalue weighted by atomic mass is 16.1. The molecular formula is C8H15N3O. The lowest BCUT2D eigenvalue weighted by Crippen LogP contribution is -2.65. The van der Waals surface area contributed by atoms with E-state index < -0.39 is 0 Å². The molecule has 2 heterocycles. The van der Waals surface area contributed by atoms with Gasteiger partial charge in [-0.25, -0.2) is 0 Å². The molecule has 2 aliphatic heterocycles. The van der Waals surface area contributed by atoms with Crippen molar-refractivity contribution in [2.45, 2.75) is 12.1 Å². The molecule has 2 aliphatic rings. The summed E-state index contributed by atoms with van der Waals surface area (Å²) >= 11 is 0. The van der Waals surface area contributed by atoms with Crippen LogP contribution in [0.1, 0.15) is 0 Å². The van der Waals surface area contributed by atoms with Gasteiger partial charge in [0.1, 0.15) is 6.29 Å². The van der Waals surface area contributed by atoms with Crippen molar-refractivity contribution in [3.8, 4) is 0 Å². The fourth-order valence-corrected chi connectivity index (χ4v) is 2.05. The van der Waals surface area contributed by atoms with E-state index in [4.69, 9.17) is 0 Å². The van der Waals surface area contributed by atoms with Gasteiger partial charge in [0, 0.05) is 38.8 Å². The number of piperazine rings is 2. The van der Waals surface area contributed by atoms with Crippen molar-refractivity contribution < 1.29 is 4.79 Å². The van der Waals surface area contributed by atoms with E-state index in [2.05, 4.69) is 15.5 Å². The molecule has 0 bridgehead atoms. The number of rotatable bonds is 1. The molecule has 4 heteroatoms. The largest absolute Gasteiger partial charge is 0.314 e. The number of nitrogens with zero attached hydrogens (tertiary/aromatic N) is 1. The van der Waals surface area contributed by atoms with Crippen LogP contribution in [0.2, 0.25) is 0 Å². The Morgan fingerprint density at radius 3 is 3.00 bits per heavy atom. The van der Waals surface area contributed by atoms with E-state index in [0.717, 1.165) is 39.0 Å². The zero-order valence-electron chi connectivity index (χ0n) is 7.12. The highest BCUT2D eigenvalue weighted by Crippen LogP contribution is 2.09. The summed E-state index contributed by atoms with van der Waals surface area (Å²) in [6, 6.07) is 0.413. The van der Waals surface area contributed by atoms with Crippen molar-refractivity contribution in [3.63, 3.8) is 0 Å². The normalized spacial score (nSPS) is 37.3. The fraction of sp³-hybridized carbons (Fsp3) is 0.875. The molecule has 0 aromatic carbocycles. The zero-order valence-corrected chi connectivity index (χ0v) is 7.12. The number of carbonyl (C=O) groups excluding carboxylic acids is 1. The molecular weight excluding hydrogens is 154 g/mol. The maximum Gasteiger partial charge on any atom is 0.138 e. The van der Waals surface area contributed by atoms with Crippen LogP contribution in [0.25, 0.3) is 0 Å². The quantitative estimate of drug-likeness (QED) is 0.466. The lowest BCUT2D eigenvalue weighted by Gasteiger charge is -2.43. The van der Waals surface area contributed by atoms with Crippen molar-refractivity contribution in [1.82, 2.24) is 15.5 Å². The van der Waals surface area contributed by atoms with Crippen LogP contribution in [0.15, 0.2) is 0 Å². The highest BCUT2D eigenvalue weighted by Gasteiger charge is 2.32. The first-order valence-electron chi connectivity index (χ1n) is 4.55. The maximum atomic E-state index is 10.7. The molecule has 0 spiro atoms. The van der Waals surface area contributed by atoms with Gasteiger partial charge in [-0.1, -0.05) is 0 Å². The van der Waals surface area contributed by atoms with Gasteiger partial charge < -0.3 is 15.4 Å². The molecule has 2 saturated heterocycles. The van der Waals surface area contributed by atoms with Gasteiger partial charge in [-0.2, -0.15) is 0 Å². The van der Waals surface area contributed by atoms with E-state index >= 15 is 0 Å². The first-order chi connectivity index (χ1) is 5.92. The Morgan fingerprint density at radius 2 is 2.17 bits per heavy atom. The minimum Gasteiger partial charge on any atom is -0.314 e. The number of fused-ring (bicyclic) bond motifs is 1. The van der Waals surface area contributed by atoms with Gasteiger partial charge >= 0.3 is 0 Å². The Labute approximate surface area is 72.3 Å². The predicted octanol–water partition coefficient (Wildman–Crippen LogP) is -1.57. The minimum atomic E-state index is 0.0338. The predicted molar refractivity (Wildman–Crippen MR) is 46.1 cm³/mol. The summed E-state index contributed by atoms with van der Waals surface area (Å²) < 4.78 is 0. The molecule has 2 fully saturated rings. The van der Waals surface area contributed by atoms with Gasteiger partial charge in [-0.3, -0.25) is 4.90 Å². The Morgan fingerprint density at radius 1 is 1.33 bits per heavy atom. The summed E-state index contributed by atoms with van der Waals surface area (Å²) in [5.41, 5.74) is 0. The Hall–Kier alpha value is -0.450. The third-order valence-electron chi connectivity index (χ3n) is 2.74. The summed E-state index contributed by atoms with van der Waals surface area (Å²) in [5.74, 6) is 0. The van der Waals surface area contributed by atoms with Gasteiger partial charge in [-0.05, 0) is 0 Å². The second kappa shape index (κ2) is 3.51. The van der Waals surface area contributed by atoms with Crippen LogP contribution in [-0.4, -0.2) is 56.0 Å². The van der Waals surface area contributed by atoms with Crippen LogP contribution < -0.4 is 10.6 Å². The molecule has 0 aliphatic carbocycles. The Balaban J connectivity index is 2.03. The number of nitrogens with one attached hydrogen (secondary N) is 2. The molecule has 0 amide bonds. The third kappa shape index (κ3) is 1.37. The molecule has 12 heavy (non-hydrogen) atoms. The van der Waals surface area contributed by atoms with E-state index in [1.165, 1.54) is 0 Å². The van der Waals surface area contributed by atoms with E-state index in [1.54, 1.807) is 0 Å². The lowest BCUT2D eigenvalue weighted by molar-refractivity contribution is -0.112. The van der Waals surface area contributed by atoms with Crippen LogP contribution in [0.5, 0.6) is 0 Å². The van der Waals surface area contributed by atoms with Crippen LogP contribution in [-0.2, 0) is 4.79 Å². The minimum absolute atomic E-state index is 0.0338. The average Bonchev–Trinajstić information content (AvgIpc) is 2.17. The standard InChI is InChI=1S/C8H15N3O/c12-6-7-8-5-9-1-3-11(8)4-2-10-7/h6-10H,1-5H2/t7?,8-/m0/s1. The average molecular weight is 169 g/mol. The van der Waals surface area contributed by atoms with Crippen LogP contribution in [0, 0.1) is 0 Å². The number of carbonyl (C=O) groups is 1. The lowest BCUT2D eigenvalue weighted by atomic mass is 10.0. The summed E-state index contributed by atoms with van der Waals surface area (Å²) in [6.07, 6.45) is 1.03. The topological polar surface area (TPSA) is 44.4 Å². The number of hydrogen-bond acceptors (Lipinski definition) is 4. The van der Waals surface area contributed by atoms with E-state index in [0.29, 0.717) is 6.04 Å². The summed E-state index contributed by atoms with van der Waals surface area (Å²) in [6.45, 7) is 5.10. The van der Waals surface area contributed by atoms with Crippen molar-refractivity contribution >= 4 is 6.29 Å². The van der Waals surface area contributed by atoms with Crippen LogP contribution in [0.4, 0.5) is 0 Å². The summed E-state index contributed by atoms with van der Waals surface area (Å²) in [4.78, 5) is 13.1. The number of hydrogen-bond donors (Lipinski definition) is 2. The second-order valence-corrected chi connectivity index (χ2v) is 3.42. The van der Waals surface area contributed by atoms with Gasteiger partial charge in [-0.15, -0.1) is 0 Å². The molecule has 68 valence electrons. The second-order valence-electron chi connectivity index (χ2n) is 3.42. The molecule has 2 N–H and O–H groups in total. The Kier molecular flexibility index (Phi) is 2.39. The molecule has 2 atom stereocenters. The third-order valence-corrected chi connectivity index (χ3v) is 2.74. The van der Waals surface area contributed by atoms with Gasteiger partial charge in [0.25, 0.3) is 0 Å². The van der Waals surface area contributed by atoms with Crippen molar-refractivity contribution in [3.05, 3.63) is 0 Å². The smallest absolute Gasteiger partial charge is 0.138 e. The first-order valence-corrected chi connectivity index (χ1v) is 4.55. The first kappa shape index (κ1) is 8.16. The highest BCUT2D eigenvalue weighted by molar-refractivity contribution is 5.59. The van der Waals surface area contributed by atoms with Crippen molar-refractivity contribution in [2.75, 3.05) is 32.7 Å². The van der Waals surface area contributed by atoms with E-state index in [1.807, 2.05) is 0 Å². The van der Waals surface area contributed by atoms with Gasteiger partial charge in [0.2, 0.25) is 0 Å². The van der Waals surface area contributed by atoms with Crippen molar-refractivity contribution in [1.29, 1.82) is 0 Å². The molecule has 0 aromatic rings. The van der Waals surface area contributed by atoms with Gasteiger partial charge in [0.05, 0.1) is 6.04 Å². The zero-order chi connectivity index (χ0) is 8.39. The Bertz CT molecular complexity index is 172. The van der Waals surface area contributed by atoms with E-state index in [-0.39, 0.29) is 6.04 Å². The van der Waals surface area contributed by atoms with Gasteiger partial charge in [0.15, 0.2) is 0 Å². The van der Waals surface area contributed by atoms with E-state index in [9.17, 15) is 4.79 Å². The molecule has 0 aromatic heterocycles. The maximum absolute atomic E-state index is 10.7. The molecule has 4 nitrogen and oxygen atoms in total.